The first kappa shape index (κ1) is 11.1. The highest BCUT2D eigenvalue weighted by Gasteiger charge is 2.38. The van der Waals surface area contributed by atoms with Gasteiger partial charge in [-0.15, -0.1) is 0 Å². The number of nitrogens with one attached hydrogen (secondary N) is 2. The fourth-order valence-electron chi connectivity index (χ4n) is 3.29. The van der Waals surface area contributed by atoms with Crippen LogP contribution in [0.5, 0.6) is 0 Å². The zero-order valence-electron chi connectivity index (χ0n) is 10.4. The highest BCUT2D eigenvalue weighted by atomic mass is 15.2. The molecule has 1 aromatic carbocycles. The van der Waals surface area contributed by atoms with Crippen LogP contribution in [0.1, 0.15) is 17.9 Å². The quantitative estimate of drug-likeness (QED) is 0.818. The van der Waals surface area contributed by atoms with E-state index in [1.165, 1.54) is 12.1 Å². The van der Waals surface area contributed by atoms with Crippen molar-refractivity contribution in [2.45, 2.75) is 18.4 Å². The van der Waals surface area contributed by atoms with Crippen LogP contribution < -0.4 is 15.5 Å². The van der Waals surface area contributed by atoms with Gasteiger partial charge in [-0.2, -0.15) is 0 Å². The third-order valence-corrected chi connectivity index (χ3v) is 4.09. The third kappa shape index (κ3) is 1.83. The van der Waals surface area contributed by atoms with Crippen LogP contribution in [0, 0.1) is 0 Å². The summed E-state index contributed by atoms with van der Waals surface area (Å²) in [5.41, 5.74) is 3.00. The minimum atomic E-state index is 0.691. The van der Waals surface area contributed by atoms with Gasteiger partial charge in [-0.3, -0.25) is 0 Å². The smallest absolute Gasteiger partial charge is 0.0406 e. The molecule has 0 aromatic heterocycles. The van der Waals surface area contributed by atoms with Crippen LogP contribution in [-0.4, -0.2) is 39.3 Å². The van der Waals surface area contributed by atoms with E-state index in [0.717, 1.165) is 26.2 Å². The molecular formula is C14H21N3. The van der Waals surface area contributed by atoms with Crippen LogP contribution in [0.25, 0.3) is 0 Å². The SMILES string of the molecule is CNCCN1c2ccccc2[C@H]2CNCC[C@H]21. The Morgan fingerprint density at radius 3 is 3.18 bits per heavy atom. The van der Waals surface area contributed by atoms with Crippen LogP contribution in [-0.2, 0) is 0 Å². The van der Waals surface area contributed by atoms with Crippen LogP contribution in [0.3, 0.4) is 0 Å². The van der Waals surface area contributed by atoms with Gasteiger partial charge in [-0.05, 0) is 31.6 Å². The van der Waals surface area contributed by atoms with E-state index in [4.69, 9.17) is 0 Å². The summed E-state index contributed by atoms with van der Waals surface area (Å²) in [4.78, 5) is 2.61. The predicted octanol–water partition coefficient (Wildman–Crippen LogP) is 1.17. The van der Waals surface area contributed by atoms with E-state index in [-0.39, 0.29) is 0 Å². The third-order valence-electron chi connectivity index (χ3n) is 4.09. The molecule has 3 nitrogen and oxygen atoms in total. The van der Waals surface area contributed by atoms with Crippen molar-refractivity contribution in [1.29, 1.82) is 0 Å². The number of nitrogens with zero attached hydrogens (tertiary/aromatic N) is 1. The fraction of sp³-hybridized carbons (Fsp3) is 0.571. The van der Waals surface area contributed by atoms with Crippen molar-refractivity contribution in [2.24, 2.45) is 0 Å². The predicted molar refractivity (Wildman–Crippen MR) is 71.7 cm³/mol. The molecule has 0 unspecified atom stereocenters. The molecule has 2 heterocycles. The highest BCUT2D eigenvalue weighted by molar-refractivity contribution is 5.62. The molecule has 92 valence electrons. The van der Waals surface area contributed by atoms with E-state index < -0.39 is 0 Å². The lowest BCUT2D eigenvalue weighted by molar-refractivity contribution is 0.402. The average Bonchev–Trinajstić information content (AvgIpc) is 2.71. The van der Waals surface area contributed by atoms with E-state index in [9.17, 15) is 0 Å². The lowest BCUT2D eigenvalue weighted by Crippen LogP contribution is -2.45. The maximum atomic E-state index is 3.53. The Kier molecular flexibility index (Phi) is 3.04. The summed E-state index contributed by atoms with van der Waals surface area (Å²) >= 11 is 0. The molecule has 2 aliphatic heterocycles. The molecule has 1 fully saturated rings. The van der Waals surface area contributed by atoms with Gasteiger partial charge in [-0.25, -0.2) is 0 Å². The van der Waals surface area contributed by atoms with Crippen LogP contribution in [0.15, 0.2) is 24.3 Å². The maximum Gasteiger partial charge on any atom is 0.0406 e. The Balaban J connectivity index is 1.91. The maximum absolute atomic E-state index is 3.53. The van der Waals surface area contributed by atoms with Crippen molar-refractivity contribution in [2.75, 3.05) is 38.1 Å². The molecule has 0 bridgehead atoms. The van der Waals surface area contributed by atoms with E-state index in [2.05, 4.69) is 39.8 Å². The number of para-hydroxylation sites is 1. The minimum Gasteiger partial charge on any atom is -0.366 e. The summed E-state index contributed by atoms with van der Waals surface area (Å²) in [5.74, 6) is 0.691. The van der Waals surface area contributed by atoms with E-state index in [1.54, 1.807) is 5.56 Å². The van der Waals surface area contributed by atoms with Crippen molar-refractivity contribution in [3.63, 3.8) is 0 Å². The van der Waals surface area contributed by atoms with Crippen molar-refractivity contribution < 1.29 is 0 Å². The molecule has 3 heteroatoms. The van der Waals surface area contributed by atoms with Crippen molar-refractivity contribution >= 4 is 5.69 Å². The molecule has 3 rings (SSSR count). The first-order valence-electron chi connectivity index (χ1n) is 6.62. The minimum absolute atomic E-state index is 0.691. The first-order valence-corrected chi connectivity index (χ1v) is 6.62. The van der Waals surface area contributed by atoms with Crippen LogP contribution in [0.2, 0.25) is 0 Å². The number of hydrogen-bond acceptors (Lipinski definition) is 3. The molecule has 0 radical (unpaired) electrons. The number of anilines is 1. The number of fused-ring (bicyclic) bond motifs is 3. The molecule has 0 saturated carbocycles. The highest BCUT2D eigenvalue weighted by Crippen LogP contribution is 2.42. The van der Waals surface area contributed by atoms with Gasteiger partial charge in [-0.1, -0.05) is 18.2 Å². The van der Waals surface area contributed by atoms with Crippen molar-refractivity contribution in [3.05, 3.63) is 29.8 Å². The summed E-state index contributed by atoms with van der Waals surface area (Å²) in [6.45, 7) is 4.47. The zero-order chi connectivity index (χ0) is 11.7. The van der Waals surface area contributed by atoms with Gasteiger partial charge in [0.25, 0.3) is 0 Å². The van der Waals surface area contributed by atoms with Crippen LogP contribution >= 0.6 is 0 Å². The van der Waals surface area contributed by atoms with Gasteiger partial charge in [0.2, 0.25) is 0 Å². The normalized spacial score (nSPS) is 26.8. The van der Waals surface area contributed by atoms with Crippen LogP contribution in [0.4, 0.5) is 5.69 Å². The molecule has 2 atom stereocenters. The second-order valence-corrected chi connectivity index (χ2v) is 5.02. The van der Waals surface area contributed by atoms with Gasteiger partial charge >= 0.3 is 0 Å². The van der Waals surface area contributed by atoms with Gasteiger partial charge in [0, 0.05) is 37.3 Å². The Bertz CT molecular complexity index is 391. The Morgan fingerprint density at radius 2 is 2.29 bits per heavy atom. The van der Waals surface area contributed by atoms with Gasteiger partial charge in [0.1, 0.15) is 0 Å². The molecule has 2 N–H and O–H groups in total. The molecule has 0 spiro atoms. The zero-order valence-corrected chi connectivity index (χ0v) is 10.4. The molecule has 0 amide bonds. The monoisotopic (exact) mass is 231 g/mol. The number of hydrogen-bond donors (Lipinski definition) is 2. The number of likely N-dealkylation sites (N-methyl/N-ethyl adjacent to an activating group) is 1. The second kappa shape index (κ2) is 4.67. The number of rotatable bonds is 3. The second-order valence-electron chi connectivity index (χ2n) is 5.02. The fourth-order valence-corrected chi connectivity index (χ4v) is 3.29. The largest absolute Gasteiger partial charge is 0.366 e. The Morgan fingerprint density at radius 1 is 1.41 bits per heavy atom. The molecule has 1 saturated heterocycles. The summed E-state index contributed by atoms with van der Waals surface area (Å²) in [7, 11) is 2.03. The Labute approximate surface area is 103 Å². The van der Waals surface area contributed by atoms with E-state index in [0.29, 0.717) is 12.0 Å². The molecule has 0 aliphatic carbocycles. The summed E-state index contributed by atoms with van der Waals surface area (Å²) < 4.78 is 0. The van der Waals surface area contributed by atoms with E-state index in [1.807, 2.05) is 7.05 Å². The topological polar surface area (TPSA) is 27.3 Å². The van der Waals surface area contributed by atoms with Crippen molar-refractivity contribution in [3.8, 4) is 0 Å². The van der Waals surface area contributed by atoms with Gasteiger partial charge < -0.3 is 15.5 Å². The van der Waals surface area contributed by atoms with E-state index >= 15 is 0 Å². The number of benzene rings is 1. The molecule has 1 aromatic rings. The summed E-state index contributed by atoms with van der Waals surface area (Å²) in [6.07, 6.45) is 1.27. The standard InChI is InChI=1S/C14H21N3/c1-15-8-9-17-13-5-3-2-4-11(13)12-10-16-7-6-14(12)17/h2-5,12,14-16H,6-10H2,1H3/t12-,14-/m1/s1. The number of piperidine rings is 1. The summed E-state index contributed by atoms with van der Waals surface area (Å²) in [5, 5.41) is 6.80. The first-order chi connectivity index (χ1) is 8.42. The average molecular weight is 231 g/mol. The van der Waals surface area contributed by atoms with Gasteiger partial charge in [0.05, 0.1) is 0 Å². The lowest BCUT2D eigenvalue weighted by Gasteiger charge is -2.34. The summed E-state index contributed by atoms with van der Waals surface area (Å²) in [6, 6.07) is 9.63. The van der Waals surface area contributed by atoms with Crippen molar-refractivity contribution in [1.82, 2.24) is 10.6 Å². The molecule has 17 heavy (non-hydrogen) atoms. The lowest BCUT2D eigenvalue weighted by atomic mass is 9.90. The Hall–Kier alpha value is -1.06. The molecule has 2 aliphatic rings. The van der Waals surface area contributed by atoms with Gasteiger partial charge in [0.15, 0.2) is 0 Å². The molecular weight excluding hydrogens is 210 g/mol.